The van der Waals surface area contributed by atoms with E-state index in [1.54, 1.807) is 22.7 Å². The number of fused-ring (bicyclic) bond motifs is 2. The second-order valence-electron chi connectivity index (χ2n) is 6.81. The normalized spacial score (nSPS) is 11.3. The van der Waals surface area contributed by atoms with Crippen LogP contribution in [0.15, 0.2) is 48.5 Å². The highest BCUT2D eigenvalue weighted by molar-refractivity contribution is 7.18. The van der Waals surface area contributed by atoms with E-state index in [1.165, 1.54) is 9.40 Å². The van der Waals surface area contributed by atoms with Gasteiger partial charge in [0.05, 0.1) is 30.4 Å². The maximum atomic E-state index is 12.0. The summed E-state index contributed by atoms with van der Waals surface area (Å²) in [6, 6.07) is 16.4. The fraction of sp³-hybridized carbons (Fsp3) is 0.318. The van der Waals surface area contributed by atoms with Crippen molar-refractivity contribution in [1.29, 1.82) is 0 Å². The number of unbranched alkanes of at least 4 members (excludes halogenated alkanes) is 1. The molecule has 4 rings (SSSR count). The van der Waals surface area contributed by atoms with Crippen molar-refractivity contribution in [3.8, 4) is 0 Å². The molecule has 0 unspecified atom stereocenters. The number of rotatable bonds is 9. The van der Waals surface area contributed by atoms with Crippen LogP contribution in [0.2, 0.25) is 0 Å². The van der Waals surface area contributed by atoms with E-state index in [0.717, 1.165) is 53.2 Å². The molecule has 0 bridgehead atoms. The van der Waals surface area contributed by atoms with Crippen molar-refractivity contribution < 1.29 is 4.79 Å². The van der Waals surface area contributed by atoms with Crippen molar-refractivity contribution in [3.05, 3.63) is 58.5 Å². The van der Waals surface area contributed by atoms with Crippen molar-refractivity contribution in [2.75, 3.05) is 6.54 Å². The zero-order valence-electron chi connectivity index (χ0n) is 15.7. The van der Waals surface area contributed by atoms with Crippen LogP contribution >= 0.6 is 22.7 Å². The lowest BCUT2D eigenvalue weighted by molar-refractivity contribution is -0.121. The molecule has 0 saturated heterocycles. The first-order valence-electron chi connectivity index (χ1n) is 9.73. The number of thiazole rings is 2. The molecule has 6 heteroatoms. The number of carbonyl (C=O) groups is 1. The second kappa shape index (κ2) is 9.26. The molecule has 144 valence electrons. The second-order valence-corrected chi connectivity index (χ2v) is 9.04. The van der Waals surface area contributed by atoms with Gasteiger partial charge in [-0.3, -0.25) is 4.79 Å². The molecule has 0 aliphatic rings. The van der Waals surface area contributed by atoms with Gasteiger partial charge in [0.1, 0.15) is 0 Å². The van der Waals surface area contributed by atoms with Gasteiger partial charge < -0.3 is 5.32 Å². The predicted molar refractivity (Wildman–Crippen MR) is 118 cm³/mol. The number of benzene rings is 2. The van der Waals surface area contributed by atoms with Crippen LogP contribution in [-0.4, -0.2) is 22.4 Å². The Morgan fingerprint density at radius 3 is 1.96 bits per heavy atom. The molecule has 0 aliphatic heterocycles. The van der Waals surface area contributed by atoms with Crippen LogP contribution in [0.4, 0.5) is 0 Å². The van der Waals surface area contributed by atoms with Crippen molar-refractivity contribution in [2.45, 2.75) is 38.5 Å². The van der Waals surface area contributed by atoms with Crippen LogP contribution in [-0.2, 0) is 17.6 Å². The summed E-state index contributed by atoms with van der Waals surface area (Å²) in [5.41, 5.74) is 2.15. The topological polar surface area (TPSA) is 54.9 Å². The number of hydrogen-bond donors (Lipinski definition) is 1. The summed E-state index contributed by atoms with van der Waals surface area (Å²) in [6.07, 6.45) is 5.28. The molecule has 4 aromatic rings. The van der Waals surface area contributed by atoms with E-state index < -0.39 is 0 Å². The fourth-order valence-corrected chi connectivity index (χ4v) is 5.19. The predicted octanol–water partition coefficient (Wildman–Crippen LogP) is 5.37. The lowest BCUT2D eigenvalue weighted by Gasteiger charge is -2.04. The average molecular weight is 410 g/mol. The van der Waals surface area contributed by atoms with Gasteiger partial charge in [-0.1, -0.05) is 24.3 Å². The van der Waals surface area contributed by atoms with Crippen LogP contribution in [0, 0.1) is 0 Å². The molecule has 0 fully saturated rings. The third-order valence-corrected chi connectivity index (χ3v) is 6.80. The molecule has 4 nitrogen and oxygen atoms in total. The minimum atomic E-state index is 0.147. The molecule has 1 amide bonds. The SMILES string of the molecule is O=C(CCCCc1nc2ccccc2s1)NCCCc1nc2ccccc2s1. The largest absolute Gasteiger partial charge is 0.356 e. The van der Waals surface area contributed by atoms with Crippen molar-refractivity contribution >= 4 is 49.0 Å². The quantitative estimate of drug-likeness (QED) is 0.378. The molecular formula is C22H23N3OS2. The number of para-hydroxylation sites is 2. The molecule has 2 heterocycles. The van der Waals surface area contributed by atoms with E-state index >= 15 is 0 Å². The molecular weight excluding hydrogens is 386 g/mol. The van der Waals surface area contributed by atoms with Gasteiger partial charge in [0, 0.05) is 19.4 Å². The van der Waals surface area contributed by atoms with Gasteiger partial charge in [-0.05, 0) is 49.9 Å². The van der Waals surface area contributed by atoms with E-state index in [2.05, 4.69) is 33.5 Å². The Morgan fingerprint density at radius 2 is 1.36 bits per heavy atom. The van der Waals surface area contributed by atoms with Gasteiger partial charge >= 0.3 is 0 Å². The molecule has 0 radical (unpaired) electrons. The van der Waals surface area contributed by atoms with Crippen LogP contribution < -0.4 is 5.32 Å². The van der Waals surface area contributed by atoms with E-state index in [4.69, 9.17) is 0 Å². The van der Waals surface area contributed by atoms with Crippen LogP contribution in [0.5, 0.6) is 0 Å². The van der Waals surface area contributed by atoms with Crippen LogP contribution in [0.25, 0.3) is 20.4 Å². The smallest absolute Gasteiger partial charge is 0.219 e. The fourth-order valence-electron chi connectivity index (χ4n) is 3.17. The summed E-state index contributed by atoms with van der Waals surface area (Å²) in [4.78, 5) is 21.3. The summed E-state index contributed by atoms with van der Waals surface area (Å²) < 4.78 is 2.47. The van der Waals surface area contributed by atoms with Gasteiger partial charge in [0.25, 0.3) is 0 Å². The molecule has 0 spiro atoms. The number of carbonyl (C=O) groups excluding carboxylic acids is 1. The Labute approximate surface area is 172 Å². The van der Waals surface area contributed by atoms with E-state index in [9.17, 15) is 4.79 Å². The highest BCUT2D eigenvalue weighted by Crippen LogP contribution is 2.23. The maximum absolute atomic E-state index is 12.0. The number of aryl methyl sites for hydroxylation is 2. The summed E-state index contributed by atoms with van der Waals surface area (Å²) in [6.45, 7) is 0.715. The van der Waals surface area contributed by atoms with Gasteiger partial charge in [-0.25, -0.2) is 9.97 Å². The number of nitrogens with zero attached hydrogens (tertiary/aromatic N) is 2. The first-order chi connectivity index (χ1) is 13.8. The van der Waals surface area contributed by atoms with Gasteiger partial charge in [0.2, 0.25) is 5.91 Å². The molecule has 28 heavy (non-hydrogen) atoms. The van der Waals surface area contributed by atoms with E-state index in [-0.39, 0.29) is 5.91 Å². The average Bonchev–Trinajstić information content (AvgIpc) is 3.31. The molecule has 2 aromatic heterocycles. The Bertz CT molecular complexity index is 920. The number of aromatic nitrogens is 2. The van der Waals surface area contributed by atoms with Crippen molar-refractivity contribution in [1.82, 2.24) is 15.3 Å². The zero-order valence-corrected chi connectivity index (χ0v) is 17.3. The van der Waals surface area contributed by atoms with Gasteiger partial charge in [-0.2, -0.15) is 0 Å². The van der Waals surface area contributed by atoms with Crippen molar-refractivity contribution in [3.63, 3.8) is 0 Å². The lowest BCUT2D eigenvalue weighted by Crippen LogP contribution is -2.24. The molecule has 0 atom stereocenters. The number of nitrogens with one attached hydrogen (secondary N) is 1. The Hall–Kier alpha value is -2.31. The Kier molecular flexibility index (Phi) is 6.29. The van der Waals surface area contributed by atoms with Gasteiger partial charge in [0.15, 0.2) is 0 Å². The maximum Gasteiger partial charge on any atom is 0.219 e. The molecule has 0 saturated carbocycles. The lowest BCUT2D eigenvalue weighted by atomic mass is 10.2. The van der Waals surface area contributed by atoms with E-state index in [0.29, 0.717) is 13.0 Å². The summed E-state index contributed by atoms with van der Waals surface area (Å²) in [5.74, 6) is 0.147. The highest BCUT2D eigenvalue weighted by atomic mass is 32.1. The summed E-state index contributed by atoms with van der Waals surface area (Å²) in [5, 5.41) is 5.34. The Morgan fingerprint density at radius 1 is 0.786 bits per heavy atom. The standard InChI is InChI=1S/C22H23N3OS2/c26-20(12-5-6-13-21-24-16-8-1-3-10-18(16)27-21)23-15-7-14-22-25-17-9-2-4-11-19(17)28-22/h1-4,8-11H,5-7,12-15H2,(H,23,26). The first kappa shape index (κ1) is 19.0. The van der Waals surface area contributed by atoms with Crippen LogP contribution in [0.3, 0.4) is 0 Å². The summed E-state index contributed by atoms with van der Waals surface area (Å²) >= 11 is 3.50. The minimum Gasteiger partial charge on any atom is -0.356 e. The van der Waals surface area contributed by atoms with Gasteiger partial charge in [-0.15, -0.1) is 22.7 Å². The third kappa shape index (κ3) is 4.94. The minimum absolute atomic E-state index is 0.147. The first-order valence-corrected chi connectivity index (χ1v) is 11.4. The molecule has 2 aromatic carbocycles. The molecule has 0 aliphatic carbocycles. The van der Waals surface area contributed by atoms with E-state index in [1.807, 2.05) is 30.3 Å². The number of amides is 1. The van der Waals surface area contributed by atoms with Crippen molar-refractivity contribution in [2.24, 2.45) is 0 Å². The third-order valence-electron chi connectivity index (χ3n) is 4.61. The monoisotopic (exact) mass is 409 g/mol. The summed E-state index contributed by atoms with van der Waals surface area (Å²) in [7, 11) is 0. The van der Waals surface area contributed by atoms with Crippen LogP contribution in [0.1, 0.15) is 35.7 Å². The molecule has 1 N–H and O–H groups in total. The zero-order chi connectivity index (χ0) is 19.2. The highest BCUT2D eigenvalue weighted by Gasteiger charge is 2.06. The Balaban J connectivity index is 1.11. The number of hydrogen-bond acceptors (Lipinski definition) is 5.